The number of nitro benzene ring substituents is 1. The molecule has 0 aromatic heterocycles. The van der Waals surface area contributed by atoms with Crippen molar-refractivity contribution in [2.45, 2.75) is 0 Å². The van der Waals surface area contributed by atoms with Crippen LogP contribution in [0.25, 0.3) is 0 Å². The Morgan fingerprint density at radius 3 is 2.38 bits per heavy atom. The Kier molecular flexibility index (Phi) is 7.24. The number of hydrogen-bond donors (Lipinski definition) is 1. The number of Topliss-reactive ketones (excluding diaryl/α,β-unsaturated/α-hetero) is 1. The summed E-state index contributed by atoms with van der Waals surface area (Å²) in [5.74, 6) is -1.18. The van der Waals surface area contributed by atoms with E-state index >= 15 is 0 Å². The normalized spacial score (nSPS) is 10.0. The molecule has 0 saturated carbocycles. The molecule has 0 fully saturated rings. The SMILES string of the molecule is COc1ccc(C(=O)COC(=O)CNC(=O)c2cccc([N+](=O)[O-])c2)cc1OC. The van der Waals surface area contributed by atoms with Crippen LogP contribution in [0.2, 0.25) is 0 Å². The summed E-state index contributed by atoms with van der Waals surface area (Å²) >= 11 is 0. The number of rotatable bonds is 9. The molecule has 1 N–H and O–H groups in total. The molecule has 0 aliphatic rings. The van der Waals surface area contributed by atoms with Gasteiger partial charge in [-0.05, 0) is 24.3 Å². The number of ketones is 1. The van der Waals surface area contributed by atoms with Gasteiger partial charge in [-0.25, -0.2) is 0 Å². The van der Waals surface area contributed by atoms with E-state index in [2.05, 4.69) is 5.32 Å². The van der Waals surface area contributed by atoms with E-state index in [0.29, 0.717) is 11.5 Å². The van der Waals surface area contributed by atoms with Gasteiger partial charge in [-0.15, -0.1) is 0 Å². The summed E-state index contributed by atoms with van der Waals surface area (Å²) in [5.41, 5.74) is 0.0326. The van der Waals surface area contributed by atoms with E-state index in [1.54, 1.807) is 6.07 Å². The van der Waals surface area contributed by atoms with Gasteiger partial charge in [0.25, 0.3) is 11.6 Å². The fraction of sp³-hybridized carbons (Fsp3) is 0.211. The van der Waals surface area contributed by atoms with Crippen molar-refractivity contribution in [1.82, 2.24) is 5.32 Å². The van der Waals surface area contributed by atoms with Gasteiger partial charge < -0.3 is 19.5 Å². The van der Waals surface area contributed by atoms with Crippen LogP contribution in [0.3, 0.4) is 0 Å². The summed E-state index contributed by atoms with van der Waals surface area (Å²) in [7, 11) is 2.89. The molecule has 0 radical (unpaired) electrons. The Labute approximate surface area is 165 Å². The van der Waals surface area contributed by atoms with Crippen LogP contribution >= 0.6 is 0 Å². The Balaban J connectivity index is 1.87. The van der Waals surface area contributed by atoms with Gasteiger partial charge in [0.05, 0.1) is 19.1 Å². The molecule has 10 heteroatoms. The minimum Gasteiger partial charge on any atom is -0.493 e. The summed E-state index contributed by atoms with van der Waals surface area (Å²) < 4.78 is 15.0. The van der Waals surface area contributed by atoms with Crippen molar-refractivity contribution in [2.75, 3.05) is 27.4 Å². The molecular formula is C19H18N2O8. The van der Waals surface area contributed by atoms with Crippen molar-refractivity contribution in [3.05, 3.63) is 63.7 Å². The number of nitrogens with one attached hydrogen (secondary N) is 1. The Hall–Kier alpha value is -3.95. The zero-order chi connectivity index (χ0) is 21.4. The number of non-ortho nitro benzene ring substituents is 1. The molecule has 0 saturated heterocycles. The number of carbonyl (C=O) groups is 3. The van der Waals surface area contributed by atoms with Gasteiger partial charge in [0, 0.05) is 23.3 Å². The molecule has 0 bridgehead atoms. The zero-order valence-electron chi connectivity index (χ0n) is 15.7. The third-order valence-electron chi connectivity index (χ3n) is 3.78. The average Bonchev–Trinajstić information content (AvgIpc) is 2.75. The lowest BCUT2D eigenvalue weighted by Crippen LogP contribution is -2.31. The quantitative estimate of drug-likeness (QED) is 0.290. The summed E-state index contributed by atoms with van der Waals surface area (Å²) in [6.45, 7) is -1.03. The maximum Gasteiger partial charge on any atom is 0.325 e. The van der Waals surface area contributed by atoms with Crippen molar-refractivity contribution in [2.24, 2.45) is 0 Å². The maximum atomic E-state index is 12.2. The van der Waals surface area contributed by atoms with E-state index in [9.17, 15) is 24.5 Å². The van der Waals surface area contributed by atoms with Gasteiger partial charge in [-0.2, -0.15) is 0 Å². The van der Waals surface area contributed by atoms with Crippen LogP contribution in [0.4, 0.5) is 5.69 Å². The molecule has 0 spiro atoms. The first-order chi connectivity index (χ1) is 13.8. The highest BCUT2D eigenvalue weighted by Crippen LogP contribution is 2.27. The van der Waals surface area contributed by atoms with Gasteiger partial charge >= 0.3 is 5.97 Å². The van der Waals surface area contributed by atoms with Crippen molar-refractivity contribution in [3.63, 3.8) is 0 Å². The molecule has 0 heterocycles. The van der Waals surface area contributed by atoms with E-state index in [-0.39, 0.29) is 16.8 Å². The van der Waals surface area contributed by atoms with E-state index in [4.69, 9.17) is 14.2 Å². The van der Waals surface area contributed by atoms with E-state index in [0.717, 1.165) is 6.07 Å². The topological polar surface area (TPSA) is 134 Å². The van der Waals surface area contributed by atoms with E-state index < -0.39 is 35.7 Å². The number of carbonyl (C=O) groups excluding carboxylic acids is 3. The number of ether oxygens (including phenoxy) is 3. The lowest BCUT2D eigenvalue weighted by molar-refractivity contribution is -0.384. The fourth-order valence-electron chi connectivity index (χ4n) is 2.31. The lowest BCUT2D eigenvalue weighted by Gasteiger charge is -2.09. The highest BCUT2D eigenvalue weighted by molar-refractivity contribution is 5.99. The molecular weight excluding hydrogens is 384 g/mol. The summed E-state index contributed by atoms with van der Waals surface area (Å²) in [6, 6.07) is 9.56. The first-order valence-corrected chi connectivity index (χ1v) is 8.29. The van der Waals surface area contributed by atoms with Crippen LogP contribution in [0.1, 0.15) is 20.7 Å². The van der Waals surface area contributed by atoms with E-state index in [1.165, 1.54) is 44.6 Å². The lowest BCUT2D eigenvalue weighted by atomic mass is 10.1. The number of amides is 1. The van der Waals surface area contributed by atoms with Crippen molar-refractivity contribution in [1.29, 1.82) is 0 Å². The smallest absolute Gasteiger partial charge is 0.325 e. The second-order valence-corrected chi connectivity index (χ2v) is 5.64. The second kappa shape index (κ2) is 9.83. The van der Waals surface area contributed by atoms with Gasteiger partial charge in [-0.3, -0.25) is 24.5 Å². The van der Waals surface area contributed by atoms with Crippen LogP contribution in [0.5, 0.6) is 11.5 Å². The van der Waals surface area contributed by atoms with Gasteiger partial charge in [0.1, 0.15) is 6.54 Å². The largest absolute Gasteiger partial charge is 0.493 e. The number of nitrogens with zero attached hydrogens (tertiary/aromatic N) is 1. The first-order valence-electron chi connectivity index (χ1n) is 8.29. The molecule has 29 heavy (non-hydrogen) atoms. The van der Waals surface area contributed by atoms with Gasteiger partial charge in [-0.1, -0.05) is 6.07 Å². The Morgan fingerprint density at radius 1 is 1.00 bits per heavy atom. The molecule has 0 aliphatic carbocycles. The van der Waals surface area contributed by atoms with Crippen LogP contribution in [-0.4, -0.2) is 50.0 Å². The molecule has 0 unspecified atom stereocenters. The molecule has 10 nitrogen and oxygen atoms in total. The summed E-state index contributed by atoms with van der Waals surface area (Å²) in [5, 5.41) is 13.0. The molecule has 0 atom stereocenters. The Bertz CT molecular complexity index is 942. The molecule has 2 rings (SSSR count). The van der Waals surface area contributed by atoms with E-state index in [1.807, 2.05) is 0 Å². The highest BCUT2D eigenvalue weighted by atomic mass is 16.6. The minimum absolute atomic E-state index is 0.0217. The van der Waals surface area contributed by atoms with Crippen molar-refractivity contribution >= 4 is 23.3 Å². The van der Waals surface area contributed by atoms with Crippen LogP contribution < -0.4 is 14.8 Å². The maximum absolute atomic E-state index is 12.2. The fourth-order valence-corrected chi connectivity index (χ4v) is 2.31. The number of nitro groups is 1. The predicted octanol–water partition coefficient (Wildman–Crippen LogP) is 1.77. The van der Waals surface area contributed by atoms with Gasteiger partial charge in [0.2, 0.25) is 0 Å². The van der Waals surface area contributed by atoms with Crippen molar-refractivity contribution < 1.29 is 33.5 Å². The molecule has 1 amide bonds. The first kappa shape index (κ1) is 21.4. The summed E-state index contributed by atoms with van der Waals surface area (Å²) in [4.78, 5) is 46.0. The molecule has 152 valence electrons. The van der Waals surface area contributed by atoms with Crippen LogP contribution in [0, 0.1) is 10.1 Å². The highest BCUT2D eigenvalue weighted by Gasteiger charge is 2.15. The standard InChI is InChI=1S/C19H18N2O8/c1-27-16-7-6-12(9-17(16)28-2)15(22)11-29-18(23)10-20-19(24)13-4-3-5-14(8-13)21(25)26/h3-9H,10-11H2,1-2H3,(H,20,24). The molecule has 2 aromatic carbocycles. The number of esters is 1. The minimum atomic E-state index is -0.836. The second-order valence-electron chi connectivity index (χ2n) is 5.64. The zero-order valence-corrected chi connectivity index (χ0v) is 15.7. The third kappa shape index (κ3) is 5.76. The number of hydrogen-bond acceptors (Lipinski definition) is 8. The van der Waals surface area contributed by atoms with Crippen LogP contribution in [-0.2, 0) is 9.53 Å². The average molecular weight is 402 g/mol. The number of benzene rings is 2. The van der Waals surface area contributed by atoms with Gasteiger partial charge in [0.15, 0.2) is 23.9 Å². The Morgan fingerprint density at radius 2 is 1.72 bits per heavy atom. The third-order valence-corrected chi connectivity index (χ3v) is 3.78. The molecule has 2 aromatic rings. The van der Waals surface area contributed by atoms with Crippen molar-refractivity contribution in [3.8, 4) is 11.5 Å². The van der Waals surface area contributed by atoms with Crippen LogP contribution in [0.15, 0.2) is 42.5 Å². The summed E-state index contributed by atoms with van der Waals surface area (Å²) in [6.07, 6.45) is 0. The molecule has 0 aliphatic heterocycles. The monoisotopic (exact) mass is 402 g/mol. The number of methoxy groups -OCH3 is 2. The predicted molar refractivity (Wildman–Crippen MR) is 100 cm³/mol.